The van der Waals surface area contributed by atoms with Gasteiger partial charge in [0, 0.05) is 11.8 Å². The van der Waals surface area contributed by atoms with Crippen molar-refractivity contribution in [2.75, 3.05) is 5.43 Å². The van der Waals surface area contributed by atoms with Crippen LogP contribution in [0, 0.1) is 10.1 Å². The van der Waals surface area contributed by atoms with Crippen LogP contribution in [0.4, 0.5) is 11.4 Å². The minimum atomic E-state index is -0.907. The fourth-order valence-corrected chi connectivity index (χ4v) is 1.23. The molecule has 0 atom stereocenters. The summed E-state index contributed by atoms with van der Waals surface area (Å²) in [6.07, 6.45) is 0.275. The van der Waals surface area contributed by atoms with Gasteiger partial charge in [0.05, 0.1) is 11.3 Å². The Hall–Kier alpha value is -2.44. The molecule has 1 aromatic carbocycles. The highest BCUT2D eigenvalue weighted by Crippen LogP contribution is 2.23. The van der Waals surface area contributed by atoms with Crippen LogP contribution in [-0.2, 0) is 4.79 Å². The zero-order valence-electron chi connectivity index (χ0n) is 9.79. The molecule has 0 amide bonds. The molecule has 7 heteroatoms. The molecule has 0 saturated carbocycles. The lowest BCUT2D eigenvalue weighted by Gasteiger charge is -2.03. The molecule has 18 heavy (non-hydrogen) atoms. The van der Waals surface area contributed by atoms with Gasteiger partial charge < -0.3 is 5.11 Å². The predicted octanol–water partition coefficient (Wildman–Crippen LogP) is 2.25. The van der Waals surface area contributed by atoms with E-state index in [0.29, 0.717) is 12.1 Å². The summed E-state index contributed by atoms with van der Waals surface area (Å²) < 4.78 is 0. The van der Waals surface area contributed by atoms with Gasteiger partial charge in [0.2, 0.25) is 0 Å². The Morgan fingerprint density at radius 1 is 1.44 bits per heavy atom. The molecule has 0 heterocycles. The minimum absolute atomic E-state index is 0.0199. The van der Waals surface area contributed by atoms with Crippen molar-refractivity contribution in [2.24, 2.45) is 5.10 Å². The van der Waals surface area contributed by atoms with Gasteiger partial charge in [-0.15, -0.1) is 0 Å². The fourth-order valence-electron chi connectivity index (χ4n) is 1.23. The Kier molecular flexibility index (Phi) is 4.79. The fraction of sp³-hybridized carbons (Fsp3) is 0.273. The number of rotatable bonds is 6. The lowest BCUT2D eigenvalue weighted by molar-refractivity contribution is -0.384. The number of hydrazone groups is 1. The molecule has 1 aromatic rings. The molecule has 2 N–H and O–H groups in total. The van der Waals surface area contributed by atoms with Gasteiger partial charge in [0.1, 0.15) is 5.69 Å². The number of nitro groups is 1. The van der Waals surface area contributed by atoms with Gasteiger partial charge in [0.15, 0.2) is 0 Å². The molecule has 0 saturated heterocycles. The quantitative estimate of drug-likeness (QED) is 0.458. The number of hydrogen-bond acceptors (Lipinski definition) is 5. The molecule has 0 unspecified atom stereocenters. The lowest BCUT2D eigenvalue weighted by Crippen LogP contribution is -2.03. The third-order valence-corrected chi connectivity index (χ3v) is 2.17. The highest BCUT2D eigenvalue weighted by atomic mass is 16.6. The second-order valence-electron chi connectivity index (χ2n) is 3.63. The standard InChI is InChI=1S/C11H13N3O4/c1-8(6-7-11(15)16)12-13-9-4-2-3-5-10(9)14(17)18/h2-5,13H,6-7H2,1H3,(H,15,16)/b12-8+. The molecule has 96 valence electrons. The highest BCUT2D eigenvalue weighted by Gasteiger charge is 2.11. The Morgan fingerprint density at radius 2 is 2.11 bits per heavy atom. The summed E-state index contributed by atoms with van der Waals surface area (Å²) in [6, 6.07) is 6.11. The Morgan fingerprint density at radius 3 is 2.72 bits per heavy atom. The normalized spacial score (nSPS) is 11.1. The van der Waals surface area contributed by atoms with Gasteiger partial charge in [-0.05, 0) is 19.4 Å². The summed E-state index contributed by atoms with van der Waals surface area (Å²) in [5.41, 5.74) is 3.34. The largest absolute Gasteiger partial charge is 0.481 e. The smallest absolute Gasteiger partial charge is 0.303 e. The molecule has 0 aliphatic heterocycles. The van der Waals surface area contributed by atoms with Crippen LogP contribution < -0.4 is 5.43 Å². The summed E-state index contributed by atoms with van der Waals surface area (Å²) in [5, 5.41) is 23.1. The first-order chi connectivity index (χ1) is 8.50. The Balaban J connectivity index is 2.70. The topological polar surface area (TPSA) is 105 Å². The van der Waals surface area contributed by atoms with Gasteiger partial charge in [-0.2, -0.15) is 5.10 Å². The van der Waals surface area contributed by atoms with E-state index in [9.17, 15) is 14.9 Å². The summed E-state index contributed by atoms with van der Waals surface area (Å²) in [5.74, 6) is -0.907. The van der Waals surface area contributed by atoms with Crippen LogP contribution in [0.15, 0.2) is 29.4 Å². The number of anilines is 1. The van der Waals surface area contributed by atoms with Crippen LogP contribution in [0.1, 0.15) is 19.8 Å². The molecular weight excluding hydrogens is 238 g/mol. The van der Waals surface area contributed by atoms with E-state index < -0.39 is 10.9 Å². The molecule has 1 rings (SSSR count). The van der Waals surface area contributed by atoms with Crippen molar-refractivity contribution >= 4 is 23.1 Å². The average Bonchev–Trinajstić information content (AvgIpc) is 2.34. The summed E-state index contributed by atoms with van der Waals surface area (Å²) in [6.45, 7) is 1.66. The average molecular weight is 251 g/mol. The van der Waals surface area contributed by atoms with E-state index >= 15 is 0 Å². The number of nitrogens with one attached hydrogen (secondary N) is 1. The molecule has 0 aromatic heterocycles. The van der Waals surface area contributed by atoms with Crippen LogP contribution in [-0.4, -0.2) is 21.7 Å². The van der Waals surface area contributed by atoms with E-state index in [4.69, 9.17) is 5.11 Å². The van der Waals surface area contributed by atoms with Crippen molar-refractivity contribution in [3.8, 4) is 0 Å². The molecule has 0 aliphatic carbocycles. The van der Waals surface area contributed by atoms with Crippen LogP contribution in [0.3, 0.4) is 0 Å². The van der Waals surface area contributed by atoms with Crippen molar-refractivity contribution in [1.29, 1.82) is 0 Å². The predicted molar refractivity (Wildman–Crippen MR) is 66.7 cm³/mol. The van der Waals surface area contributed by atoms with Gasteiger partial charge in [0.25, 0.3) is 5.69 Å². The first-order valence-corrected chi connectivity index (χ1v) is 5.25. The summed E-state index contributed by atoms with van der Waals surface area (Å²) >= 11 is 0. The Labute approximate surface area is 103 Å². The van der Waals surface area contributed by atoms with Crippen LogP contribution >= 0.6 is 0 Å². The molecule has 0 aliphatic rings. The second-order valence-corrected chi connectivity index (χ2v) is 3.63. The first kappa shape index (κ1) is 13.6. The number of para-hydroxylation sites is 2. The summed E-state index contributed by atoms with van der Waals surface area (Å²) in [7, 11) is 0. The first-order valence-electron chi connectivity index (χ1n) is 5.25. The number of nitrogens with zero attached hydrogens (tertiary/aromatic N) is 2. The third kappa shape index (κ3) is 4.20. The molecule has 0 bridgehead atoms. The molecule has 0 spiro atoms. The van der Waals surface area contributed by atoms with E-state index in [-0.39, 0.29) is 17.8 Å². The van der Waals surface area contributed by atoms with Gasteiger partial charge >= 0.3 is 5.97 Å². The third-order valence-electron chi connectivity index (χ3n) is 2.17. The van der Waals surface area contributed by atoms with Crippen LogP contribution in [0.2, 0.25) is 0 Å². The minimum Gasteiger partial charge on any atom is -0.481 e. The van der Waals surface area contributed by atoms with E-state index in [1.165, 1.54) is 12.1 Å². The number of aliphatic carboxylic acids is 1. The maximum atomic E-state index is 10.7. The van der Waals surface area contributed by atoms with E-state index in [0.717, 1.165) is 0 Å². The zero-order chi connectivity index (χ0) is 13.5. The number of carboxylic acid groups (broad SMARTS) is 1. The molecular formula is C11H13N3O4. The maximum absolute atomic E-state index is 10.7. The van der Waals surface area contributed by atoms with Gasteiger partial charge in [-0.1, -0.05) is 12.1 Å². The zero-order valence-corrected chi connectivity index (χ0v) is 9.79. The monoisotopic (exact) mass is 251 g/mol. The molecule has 0 fully saturated rings. The lowest BCUT2D eigenvalue weighted by atomic mass is 10.2. The Bertz CT molecular complexity index is 485. The number of carbonyl (C=O) groups is 1. The van der Waals surface area contributed by atoms with Crippen molar-refractivity contribution in [3.05, 3.63) is 34.4 Å². The summed E-state index contributed by atoms with van der Waals surface area (Å²) in [4.78, 5) is 20.6. The maximum Gasteiger partial charge on any atom is 0.303 e. The van der Waals surface area contributed by atoms with Gasteiger partial charge in [-0.25, -0.2) is 0 Å². The van der Waals surface area contributed by atoms with Crippen LogP contribution in [0.25, 0.3) is 0 Å². The van der Waals surface area contributed by atoms with Crippen molar-refractivity contribution < 1.29 is 14.8 Å². The second kappa shape index (κ2) is 6.33. The number of carboxylic acids is 1. The van der Waals surface area contributed by atoms with Crippen molar-refractivity contribution in [2.45, 2.75) is 19.8 Å². The molecule has 0 radical (unpaired) electrons. The SMILES string of the molecule is C/C(CCC(=O)O)=N\Nc1ccccc1[N+](=O)[O-]. The number of hydrogen-bond donors (Lipinski definition) is 2. The van der Waals surface area contributed by atoms with E-state index in [1.807, 2.05) is 0 Å². The number of benzene rings is 1. The van der Waals surface area contributed by atoms with Crippen molar-refractivity contribution in [3.63, 3.8) is 0 Å². The molecule has 7 nitrogen and oxygen atoms in total. The highest BCUT2D eigenvalue weighted by molar-refractivity contribution is 5.85. The van der Waals surface area contributed by atoms with E-state index in [2.05, 4.69) is 10.5 Å². The van der Waals surface area contributed by atoms with E-state index in [1.54, 1.807) is 19.1 Å². The number of nitro benzene ring substituents is 1. The van der Waals surface area contributed by atoms with Gasteiger partial charge in [-0.3, -0.25) is 20.3 Å². The van der Waals surface area contributed by atoms with Crippen LogP contribution in [0.5, 0.6) is 0 Å². The van der Waals surface area contributed by atoms with Crippen molar-refractivity contribution in [1.82, 2.24) is 0 Å².